The first-order chi connectivity index (χ1) is 11.0. The topological polar surface area (TPSA) is 56.8 Å². The van der Waals surface area contributed by atoms with E-state index in [9.17, 15) is 4.79 Å². The van der Waals surface area contributed by atoms with Crippen LogP contribution in [0, 0.1) is 0 Å². The molecule has 6 nitrogen and oxygen atoms in total. The maximum Gasteiger partial charge on any atom is 0.319 e. The largest absolute Gasteiger partial charge is 0.378 e. The fourth-order valence-electron chi connectivity index (χ4n) is 2.28. The maximum absolute atomic E-state index is 12.2. The molecule has 7 heteroatoms. The minimum atomic E-state index is -0.226. The summed E-state index contributed by atoms with van der Waals surface area (Å²) >= 11 is 6.09. The van der Waals surface area contributed by atoms with Gasteiger partial charge >= 0.3 is 6.03 Å². The SMILES string of the molecule is C[C@H](CNC(=O)Nc1cc(Cl)ccc1N1CCOCC1)N(C)C. The monoisotopic (exact) mass is 340 g/mol. The molecule has 0 unspecified atom stereocenters. The number of likely N-dealkylation sites (N-methyl/N-ethyl adjacent to an activating group) is 1. The van der Waals surface area contributed by atoms with Gasteiger partial charge in [-0.2, -0.15) is 0 Å². The minimum Gasteiger partial charge on any atom is -0.378 e. The number of hydrogen-bond donors (Lipinski definition) is 2. The van der Waals surface area contributed by atoms with Crippen LogP contribution in [0.4, 0.5) is 16.2 Å². The van der Waals surface area contributed by atoms with E-state index in [2.05, 4.69) is 27.4 Å². The zero-order valence-electron chi connectivity index (χ0n) is 13.9. The molecule has 23 heavy (non-hydrogen) atoms. The molecule has 1 aromatic carbocycles. The van der Waals surface area contributed by atoms with Gasteiger partial charge in [0.15, 0.2) is 0 Å². The molecule has 0 radical (unpaired) electrons. The van der Waals surface area contributed by atoms with Crippen molar-refractivity contribution in [3.8, 4) is 0 Å². The summed E-state index contributed by atoms with van der Waals surface area (Å²) in [5, 5.41) is 6.39. The Bertz CT molecular complexity index is 533. The quantitative estimate of drug-likeness (QED) is 0.863. The number of benzene rings is 1. The van der Waals surface area contributed by atoms with Gasteiger partial charge in [-0.05, 0) is 39.2 Å². The zero-order chi connectivity index (χ0) is 16.8. The predicted octanol–water partition coefficient (Wildman–Crippen LogP) is 2.25. The lowest BCUT2D eigenvalue weighted by molar-refractivity contribution is 0.123. The Balaban J connectivity index is 2.03. The first kappa shape index (κ1) is 17.8. The number of nitrogens with zero attached hydrogens (tertiary/aromatic N) is 2. The maximum atomic E-state index is 12.2. The molecule has 0 aromatic heterocycles. The first-order valence-electron chi connectivity index (χ1n) is 7.81. The van der Waals surface area contributed by atoms with Gasteiger partial charge in [-0.3, -0.25) is 0 Å². The number of carbonyl (C=O) groups is 1. The molecule has 1 fully saturated rings. The van der Waals surface area contributed by atoms with Crippen molar-refractivity contribution in [1.29, 1.82) is 0 Å². The number of halogens is 1. The summed E-state index contributed by atoms with van der Waals surface area (Å²) in [6, 6.07) is 5.59. The Morgan fingerprint density at radius 1 is 1.39 bits per heavy atom. The van der Waals surface area contributed by atoms with Gasteiger partial charge in [-0.15, -0.1) is 0 Å². The molecular weight excluding hydrogens is 316 g/mol. The van der Waals surface area contributed by atoms with E-state index >= 15 is 0 Å². The Hall–Kier alpha value is -1.50. The number of urea groups is 1. The second-order valence-electron chi connectivity index (χ2n) is 5.91. The summed E-state index contributed by atoms with van der Waals surface area (Å²) in [7, 11) is 3.97. The molecule has 0 bridgehead atoms. The second kappa shape index (κ2) is 8.38. The Kier molecular flexibility index (Phi) is 6.50. The summed E-state index contributed by atoms with van der Waals surface area (Å²) in [5.74, 6) is 0. The van der Waals surface area contributed by atoms with Gasteiger partial charge in [0, 0.05) is 30.7 Å². The van der Waals surface area contributed by atoms with E-state index in [0.717, 1.165) is 24.5 Å². The van der Waals surface area contributed by atoms with E-state index in [1.54, 1.807) is 6.07 Å². The van der Waals surface area contributed by atoms with Gasteiger partial charge in [-0.1, -0.05) is 11.6 Å². The van der Waals surface area contributed by atoms with Crippen LogP contribution in [0.1, 0.15) is 6.92 Å². The van der Waals surface area contributed by atoms with Gasteiger partial charge in [0.05, 0.1) is 24.6 Å². The van der Waals surface area contributed by atoms with Crippen molar-refractivity contribution in [2.45, 2.75) is 13.0 Å². The molecule has 1 aliphatic heterocycles. The van der Waals surface area contributed by atoms with Crippen LogP contribution in [0.15, 0.2) is 18.2 Å². The molecule has 0 aliphatic carbocycles. The summed E-state index contributed by atoms with van der Waals surface area (Å²) < 4.78 is 5.38. The number of morpholine rings is 1. The molecule has 1 heterocycles. The molecule has 0 saturated carbocycles. The standard InChI is InChI=1S/C16H25ClN4O2/c1-12(20(2)3)11-18-16(22)19-14-10-13(17)4-5-15(14)21-6-8-23-9-7-21/h4-5,10,12H,6-9,11H2,1-3H3,(H2,18,19,22)/t12-/m1/s1. The van der Waals surface area contributed by atoms with Gasteiger partial charge in [0.2, 0.25) is 0 Å². The third-order valence-electron chi connectivity index (χ3n) is 4.00. The van der Waals surface area contributed by atoms with Crippen LogP contribution in [0.25, 0.3) is 0 Å². The van der Waals surface area contributed by atoms with Crippen LogP contribution >= 0.6 is 11.6 Å². The number of ether oxygens (including phenoxy) is 1. The highest BCUT2D eigenvalue weighted by Gasteiger charge is 2.17. The summed E-state index contributed by atoms with van der Waals surface area (Å²) in [5.41, 5.74) is 1.68. The van der Waals surface area contributed by atoms with Crippen LogP contribution in [0.3, 0.4) is 0 Å². The van der Waals surface area contributed by atoms with Crippen LogP contribution in [0.2, 0.25) is 5.02 Å². The van der Waals surface area contributed by atoms with E-state index in [1.165, 1.54) is 0 Å². The molecule has 128 valence electrons. The van der Waals surface area contributed by atoms with Crippen LogP contribution in [-0.2, 0) is 4.74 Å². The third kappa shape index (κ3) is 5.27. The lowest BCUT2D eigenvalue weighted by atomic mass is 10.2. The number of nitrogens with one attached hydrogen (secondary N) is 2. The number of carbonyl (C=O) groups excluding carboxylic acids is 1. The van der Waals surface area contributed by atoms with Crippen molar-refractivity contribution in [1.82, 2.24) is 10.2 Å². The van der Waals surface area contributed by atoms with Gasteiger partial charge in [0.25, 0.3) is 0 Å². The van der Waals surface area contributed by atoms with Crippen molar-refractivity contribution in [2.75, 3.05) is 57.2 Å². The fourth-order valence-corrected chi connectivity index (χ4v) is 2.45. The lowest BCUT2D eigenvalue weighted by Gasteiger charge is -2.30. The smallest absolute Gasteiger partial charge is 0.319 e. The highest BCUT2D eigenvalue weighted by molar-refractivity contribution is 6.31. The molecule has 1 aliphatic rings. The highest BCUT2D eigenvalue weighted by Crippen LogP contribution is 2.29. The van der Waals surface area contributed by atoms with Crippen molar-refractivity contribution in [2.24, 2.45) is 0 Å². The molecule has 2 amide bonds. The van der Waals surface area contributed by atoms with E-state index in [1.807, 2.05) is 26.2 Å². The summed E-state index contributed by atoms with van der Waals surface area (Å²) in [6.45, 7) is 5.61. The number of hydrogen-bond acceptors (Lipinski definition) is 4. The highest BCUT2D eigenvalue weighted by atomic mass is 35.5. The normalized spacial score (nSPS) is 16.3. The minimum absolute atomic E-state index is 0.226. The van der Waals surface area contributed by atoms with Crippen molar-refractivity contribution in [3.63, 3.8) is 0 Å². The summed E-state index contributed by atoms with van der Waals surface area (Å²) in [6.07, 6.45) is 0. The van der Waals surface area contributed by atoms with Crippen molar-refractivity contribution in [3.05, 3.63) is 23.2 Å². The summed E-state index contributed by atoms with van der Waals surface area (Å²) in [4.78, 5) is 16.4. The fraction of sp³-hybridized carbons (Fsp3) is 0.562. The molecule has 2 rings (SSSR count). The third-order valence-corrected chi connectivity index (χ3v) is 4.23. The number of anilines is 2. The van der Waals surface area contributed by atoms with E-state index < -0.39 is 0 Å². The van der Waals surface area contributed by atoms with Gasteiger partial charge < -0.3 is 25.2 Å². The Morgan fingerprint density at radius 2 is 2.09 bits per heavy atom. The molecular formula is C16H25ClN4O2. The molecule has 0 spiro atoms. The average Bonchev–Trinajstić information content (AvgIpc) is 2.53. The Morgan fingerprint density at radius 3 is 2.74 bits per heavy atom. The average molecular weight is 341 g/mol. The number of amides is 2. The van der Waals surface area contributed by atoms with E-state index in [4.69, 9.17) is 16.3 Å². The first-order valence-corrected chi connectivity index (χ1v) is 8.18. The van der Waals surface area contributed by atoms with E-state index in [-0.39, 0.29) is 12.1 Å². The second-order valence-corrected chi connectivity index (χ2v) is 6.34. The zero-order valence-corrected chi connectivity index (χ0v) is 14.7. The molecule has 1 atom stereocenters. The van der Waals surface area contributed by atoms with Gasteiger partial charge in [-0.25, -0.2) is 4.79 Å². The van der Waals surface area contributed by atoms with Crippen LogP contribution in [-0.4, -0.2) is 63.9 Å². The van der Waals surface area contributed by atoms with Crippen molar-refractivity contribution >= 4 is 29.0 Å². The van der Waals surface area contributed by atoms with Crippen LogP contribution in [0.5, 0.6) is 0 Å². The Labute approximate surface area is 142 Å². The lowest BCUT2D eigenvalue weighted by Crippen LogP contribution is -2.40. The molecule has 1 aromatic rings. The van der Waals surface area contributed by atoms with Gasteiger partial charge in [0.1, 0.15) is 0 Å². The molecule has 1 saturated heterocycles. The number of rotatable bonds is 5. The molecule has 2 N–H and O–H groups in total. The van der Waals surface area contributed by atoms with Crippen LogP contribution < -0.4 is 15.5 Å². The van der Waals surface area contributed by atoms with Crippen molar-refractivity contribution < 1.29 is 9.53 Å². The van der Waals surface area contributed by atoms with E-state index in [0.29, 0.717) is 24.8 Å². The predicted molar refractivity (Wildman–Crippen MR) is 94.7 cm³/mol.